The van der Waals surface area contributed by atoms with E-state index in [4.69, 9.17) is 0 Å². The molecule has 1 aromatic carbocycles. The highest BCUT2D eigenvalue weighted by Crippen LogP contribution is 2.22. The number of nitrogens with one attached hydrogen (secondary N) is 3. The number of para-hydroxylation sites is 1. The molecule has 0 saturated carbocycles. The molecule has 29 heavy (non-hydrogen) atoms. The molecule has 146 valence electrons. The van der Waals surface area contributed by atoms with E-state index in [1.807, 2.05) is 51.1 Å². The van der Waals surface area contributed by atoms with Crippen molar-refractivity contribution in [2.45, 2.75) is 26.2 Å². The van der Waals surface area contributed by atoms with Crippen molar-refractivity contribution in [2.75, 3.05) is 0 Å². The van der Waals surface area contributed by atoms with Crippen LogP contribution in [0.4, 0.5) is 0 Å². The summed E-state index contributed by atoms with van der Waals surface area (Å²) >= 11 is 0. The third-order valence-corrected chi connectivity index (χ3v) is 4.65. The highest BCUT2D eigenvalue weighted by Gasteiger charge is 2.19. The number of H-pyrrole nitrogens is 3. The number of fused-ring (bicyclic) bond motifs is 1. The summed E-state index contributed by atoms with van der Waals surface area (Å²) in [4.78, 5) is 42.3. The van der Waals surface area contributed by atoms with Crippen molar-refractivity contribution >= 4 is 23.1 Å². The summed E-state index contributed by atoms with van der Waals surface area (Å²) in [6.45, 7) is 6.13. The molecular weight excluding hydrogens is 366 g/mol. The molecule has 0 amide bonds. The Morgan fingerprint density at radius 1 is 0.897 bits per heavy atom. The standard InChI is InChI=1S/C22H21N5O2/c1-22(2,3)19-15(24-12-25-19)11-17-21(29)26-16(20(28)27-17)10-14-7-4-6-13-8-5-9-23-18(13)14/h4-12H,1-3H3,(H,24,25)(H,26,29)(H,27,28)/b16-10-,17-11-. The zero-order valence-corrected chi connectivity index (χ0v) is 16.4. The van der Waals surface area contributed by atoms with E-state index < -0.39 is 11.1 Å². The van der Waals surface area contributed by atoms with Crippen LogP contribution in [0.1, 0.15) is 37.7 Å². The molecule has 0 spiro atoms. The van der Waals surface area contributed by atoms with E-state index in [1.54, 1.807) is 24.7 Å². The molecular formula is C22H21N5O2. The van der Waals surface area contributed by atoms with Gasteiger partial charge in [0, 0.05) is 28.3 Å². The lowest BCUT2D eigenvalue weighted by Crippen LogP contribution is -2.46. The fourth-order valence-electron chi connectivity index (χ4n) is 3.25. The van der Waals surface area contributed by atoms with Crippen molar-refractivity contribution in [3.63, 3.8) is 0 Å². The summed E-state index contributed by atoms with van der Waals surface area (Å²) in [6, 6.07) is 9.48. The van der Waals surface area contributed by atoms with E-state index in [0.29, 0.717) is 5.69 Å². The maximum Gasteiger partial charge on any atom is 0.272 e. The number of rotatable bonds is 2. The van der Waals surface area contributed by atoms with E-state index >= 15 is 0 Å². The van der Waals surface area contributed by atoms with Gasteiger partial charge in [0.1, 0.15) is 10.7 Å². The highest BCUT2D eigenvalue weighted by atomic mass is 16.1. The van der Waals surface area contributed by atoms with Crippen LogP contribution in [0.15, 0.2) is 52.4 Å². The monoisotopic (exact) mass is 387 g/mol. The smallest absolute Gasteiger partial charge is 0.272 e. The van der Waals surface area contributed by atoms with Crippen LogP contribution in [-0.2, 0) is 5.41 Å². The quantitative estimate of drug-likeness (QED) is 0.482. The zero-order chi connectivity index (χ0) is 20.6. The molecule has 3 aromatic heterocycles. The van der Waals surface area contributed by atoms with Crippen molar-refractivity contribution < 1.29 is 0 Å². The van der Waals surface area contributed by atoms with Crippen molar-refractivity contribution in [1.82, 2.24) is 24.9 Å². The van der Waals surface area contributed by atoms with Gasteiger partial charge in [0.2, 0.25) is 0 Å². The van der Waals surface area contributed by atoms with Crippen molar-refractivity contribution in [2.24, 2.45) is 0 Å². The first-order valence-electron chi connectivity index (χ1n) is 9.26. The molecule has 3 N–H and O–H groups in total. The van der Waals surface area contributed by atoms with Gasteiger partial charge >= 0.3 is 0 Å². The second-order valence-corrected chi connectivity index (χ2v) is 7.86. The van der Waals surface area contributed by atoms with Crippen LogP contribution in [0.5, 0.6) is 0 Å². The Morgan fingerprint density at radius 2 is 1.59 bits per heavy atom. The van der Waals surface area contributed by atoms with Crippen LogP contribution in [0.3, 0.4) is 0 Å². The van der Waals surface area contributed by atoms with E-state index in [-0.39, 0.29) is 16.1 Å². The van der Waals surface area contributed by atoms with E-state index in [9.17, 15) is 9.59 Å². The Bertz CT molecular complexity index is 1430. The maximum absolute atomic E-state index is 12.6. The Morgan fingerprint density at radius 3 is 2.31 bits per heavy atom. The molecule has 3 heterocycles. The zero-order valence-electron chi connectivity index (χ0n) is 16.4. The minimum atomic E-state index is -0.396. The Hall–Kier alpha value is -3.74. The summed E-state index contributed by atoms with van der Waals surface area (Å²) in [5.74, 6) is 0. The first kappa shape index (κ1) is 18.6. The molecule has 4 aromatic rings. The van der Waals surface area contributed by atoms with Crippen LogP contribution in [0.2, 0.25) is 0 Å². The number of imidazole rings is 1. The molecule has 0 unspecified atom stereocenters. The molecule has 0 radical (unpaired) electrons. The molecule has 0 atom stereocenters. The van der Waals surface area contributed by atoms with Gasteiger partial charge in [0.15, 0.2) is 0 Å². The average Bonchev–Trinajstić information content (AvgIpc) is 3.15. The van der Waals surface area contributed by atoms with E-state index in [2.05, 4.69) is 24.9 Å². The summed E-state index contributed by atoms with van der Waals surface area (Å²) in [5, 5.41) is 1.28. The summed E-state index contributed by atoms with van der Waals surface area (Å²) in [6.07, 6.45) is 6.49. The normalized spacial score (nSPS) is 13.3. The Labute approximate surface area is 165 Å². The Kier molecular flexibility index (Phi) is 4.50. The van der Waals surface area contributed by atoms with Crippen molar-refractivity contribution in [3.8, 4) is 0 Å². The molecule has 7 nitrogen and oxygen atoms in total. The average molecular weight is 387 g/mol. The molecule has 4 rings (SSSR count). The van der Waals surface area contributed by atoms with E-state index in [0.717, 1.165) is 22.2 Å². The number of nitrogens with zero attached hydrogens (tertiary/aromatic N) is 2. The topological polar surface area (TPSA) is 107 Å². The van der Waals surface area contributed by atoms with Gasteiger partial charge in [-0.1, -0.05) is 45.0 Å². The lowest BCUT2D eigenvalue weighted by atomic mass is 9.90. The third-order valence-electron chi connectivity index (χ3n) is 4.65. The number of hydrogen-bond acceptors (Lipinski definition) is 4. The molecule has 7 heteroatoms. The van der Waals surface area contributed by atoms with Crippen LogP contribution in [-0.4, -0.2) is 24.9 Å². The van der Waals surface area contributed by atoms with Gasteiger partial charge in [-0.15, -0.1) is 0 Å². The Balaban J connectivity index is 1.87. The van der Waals surface area contributed by atoms with Gasteiger partial charge in [-0.05, 0) is 18.2 Å². The van der Waals surface area contributed by atoms with Gasteiger partial charge in [0.05, 0.1) is 17.5 Å². The second kappa shape index (κ2) is 7.01. The van der Waals surface area contributed by atoms with Gasteiger partial charge in [-0.3, -0.25) is 14.6 Å². The highest BCUT2D eigenvalue weighted by molar-refractivity contribution is 5.86. The molecule has 0 aliphatic heterocycles. The van der Waals surface area contributed by atoms with Gasteiger partial charge in [-0.2, -0.15) is 0 Å². The third kappa shape index (κ3) is 3.67. The lowest BCUT2D eigenvalue weighted by Gasteiger charge is -2.16. The van der Waals surface area contributed by atoms with Gasteiger partial charge in [-0.25, -0.2) is 4.98 Å². The van der Waals surface area contributed by atoms with Crippen molar-refractivity contribution in [3.05, 3.63) is 91.2 Å². The fourth-order valence-corrected chi connectivity index (χ4v) is 3.25. The van der Waals surface area contributed by atoms with Crippen molar-refractivity contribution in [1.29, 1.82) is 0 Å². The molecule has 0 bridgehead atoms. The minimum Gasteiger partial charge on any atom is -0.348 e. The first-order valence-corrected chi connectivity index (χ1v) is 9.26. The number of pyridine rings is 1. The van der Waals surface area contributed by atoms with Gasteiger partial charge < -0.3 is 15.0 Å². The first-order chi connectivity index (χ1) is 13.8. The maximum atomic E-state index is 12.6. The lowest BCUT2D eigenvalue weighted by molar-refractivity contribution is 0.571. The van der Waals surface area contributed by atoms with Crippen LogP contribution < -0.4 is 21.8 Å². The summed E-state index contributed by atoms with van der Waals surface area (Å²) < 4.78 is 0. The van der Waals surface area contributed by atoms with Crippen LogP contribution >= 0.6 is 0 Å². The molecule has 0 saturated heterocycles. The number of benzene rings is 1. The molecule has 0 aliphatic rings. The largest absolute Gasteiger partial charge is 0.348 e. The number of hydrogen-bond donors (Lipinski definition) is 3. The SMILES string of the molecule is CC(C)(C)c1[nH]cnc1/C=c1\[nH]c(=O)/c(=C/c2cccc3cccnc23)[nH]c1=O. The summed E-state index contributed by atoms with van der Waals surface area (Å²) in [5.41, 5.74) is 2.05. The number of aromatic nitrogens is 5. The molecule has 0 aliphatic carbocycles. The van der Waals surface area contributed by atoms with E-state index in [1.165, 1.54) is 0 Å². The summed E-state index contributed by atoms with van der Waals surface area (Å²) in [7, 11) is 0. The predicted molar refractivity (Wildman–Crippen MR) is 113 cm³/mol. The second-order valence-electron chi connectivity index (χ2n) is 7.86. The van der Waals surface area contributed by atoms with Crippen LogP contribution in [0, 0.1) is 0 Å². The number of aromatic amines is 3. The minimum absolute atomic E-state index is 0.154. The fraction of sp³-hybridized carbons (Fsp3) is 0.182. The van der Waals surface area contributed by atoms with Crippen LogP contribution in [0.25, 0.3) is 23.1 Å². The predicted octanol–water partition coefficient (Wildman–Crippen LogP) is 1.29. The molecule has 0 fully saturated rings. The van der Waals surface area contributed by atoms with Gasteiger partial charge in [0.25, 0.3) is 11.1 Å².